The summed E-state index contributed by atoms with van der Waals surface area (Å²) in [7, 11) is 0. The Morgan fingerprint density at radius 2 is 1.71 bits per heavy atom. The van der Waals surface area contributed by atoms with Crippen molar-refractivity contribution >= 4 is 38.4 Å². The third-order valence-electron chi connectivity index (χ3n) is 6.44. The van der Waals surface area contributed by atoms with E-state index >= 15 is 0 Å². The number of hydrogen-bond acceptors (Lipinski definition) is 6. The smallest absolute Gasteiger partial charge is 0.353 e. The highest BCUT2D eigenvalue weighted by atomic mass is 32.1. The Hall–Kier alpha value is -2.95. The first-order valence-electron chi connectivity index (χ1n) is 11.2. The van der Waals surface area contributed by atoms with Gasteiger partial charge in [0, 0.05) is 51.4 Å². The number of hydrogen-bond donors (Lipinski definition) is 0. The molecule has 0 atom stereocenters. The standard InChI is InChI=1S/C23H23F4N5OS/c24-17-2-3-18-19(13-17)34-22(29-18)32-7-5-15(6-8-32)21(33)31-11-9-30(10-12-31)20-4-1-16(14-28-20)23(25,26)27/h1-4,13-15H,5-12H2. The number of pyridine rings is 1. The molecule has 0 N–H and O–H groups in total. The number of alkyl halides is 3. The topological polar surface area (TPSA) is 52.6 Å². The van der Waals surface area contributed by atoms with Crippen molar-refractivity contribution in [3.63, 3.8) is 0 Å². The molecule has 1 amide bonds. The van der Waals surface area contributed by atoms with E-state index in [4.69, 9.17) is 0 Å². The van der Waals surface area contributed by atoms with Crippen LogP contribution in [0.3, 0.4) is 0 Å². The zero-order chi connectivity index (χ0) is 23.9. The predicted octanol–water partition coefficient (Wildman–Crippen LogP) is 4.41. The van der Waals surface area contributed by atoms with Crippen molar-refractivity contribution in [2.75, 3.05) is 49.1 Å². The Morgan fingerprint density at radius 3 is 2.35 bits per heavy atom. The summed E-state index contributed by atoms with van der Waals surface area (Å²) >= 11 is 1.46. The van der Waals surface area contributed by atoms with Crippen molar-refractivity contribution in [1.82, 2.24) is 14.9 Å². The summed E-state index contributed by atoms with van der Waals surface area (Å²) < 4.78 is 52.5. The summed E-state index contributed by atoms with van der Waals surface area (Å²) in [5.74, 6) is 0.287. The predicted molar refractivity (Wildman–Crippen MR) is 123 cm³/mol. The van der Waals surface area contributed by atoms with Crippen LogP contribution in [0.5, 0.6) is 0 Å². The molecule has 0 saturated carbocycles. The van der Waals surface area contributed by atoms with E-state index in [0.29, 0.717) is 45.1 Å². The van der Waals surface area contributed by atoms with Crippen LogP contribution in [0.25, 0.3) is 10.2 Å². The molecule has 2 aromatic heterocycles. The lowest BCUT2D eigenvalue weighted by atomic mass is 9.95. The Bertz CT molecular complexity index is 1170. The maximum absolute atomic E-state index is 13.5. The number of aromatic nitrogens is 2. The molecule has 0 unspecified atom stereocenters. The van der Waals surface area contributed by atoms with Crippen molar-refractivity contribution in [2.24, 2.45) is 5.92 Å². The van der Waals surface area contributed by atoms with Crippen molar-refractivity contribution in [3.8, 4) is 0 Å². The van der Waals surface area contributed by atoms with Gasteiger partial charge < -0.3 is 14.7 Å². The molecular formula is C23H23F4N5OS. The number of piperidine rings is 1. The number of nitrogens with zero attached hydrogens (tertiary/aromatic N) is 5. The Balaban J connectivity index is 1.13. The molecule has 0 aliphatic carbocycles. The minimum absolute atomic E-state index is 0.0567. The lowest BCUT2D eigenvalue weighted by molar-refractivity contribution is -0.138. The van der Waals surface area contributed by atoms with E-state index in [1.54, 1.807) is 6.07 Å². The number of piperazine rings is 1. The molecule has 2 aliphatic rings. The van der Waals surface area contributed by atoms with Crippen LogP contribution < -0.4 is 9.80 Å². The summed E-state index contributed by atoms with van der Waals surface area (Å²) in [4.78, 5) is 27.5. The van der Waals surface area contributed by atoms with Crippen LogP contribution in [-0.4, -0.2) is 60.0 Å². The van der Waals surface area contributed by atoms with E-state index in [-0.39, 0.29) is 17.6 Å². The maximum Gasteiger partial charge on any atom is 0.417 e. The van der Waals surface area contributed by atoms with Crippen LogP contribution in [0, 0.1) is 11.7 Å². The van der Waals surface area contributed by atoms with Crippen molar-refractivity contribution < 1.29 is 22.4 Å². The molecule has 0 spiro atoms. The van der Waals surface area contributed by atoms with Gasteiger partial charge in [-0.05, 0) is 43.2 Å². The fourth-order valence-corrected chi connectivity index (χ4v) is 5.54. The average molecular weight is 494 g/mol. The molecule has 34 heavy (non-hydrogen) atoms. The molecule has 3 aromatic rings. The van der Waals surface area contributed by atoms with Gasteiger partial charge in [0.25, 0.3) is 0 Å². The van der Waals surface area contributed by atoms with Gasteiger partial charge in [0.2, 0.25) is 5.91 Å². The average Bonchev–Trinajstić information content (AvgIpc) is 3.27. The van der Waals surface area contributed by atoms with Crippen molar-refractivity contribution in [1.29, 1.82) is 0 Å². The zero-order valence-corrected chi connectivity index (χ0v) is 19.1. The van der Waals surface area contributed by atoms with Crippen LogP contribution in [0.2, 0.25) is 0 Å². The normalized spacial score (nSPS) is 18.1. The van der Waals surface area contributed by atoms with Gasteiger partial charge in [0.05, 0.1) is 15.8 Å². The number of thiazole rings is 1. The van der Waals surface area contributed by atoms with Crippen LogP contribution in [0.4, 0.5) is 28.5 Å². The summed E-state index contributed by atoms with van der Waals surface area (Å²) in [6.07, 6.45) is -2.10. The van der Waals surface area contributed by atoms with Gasteiger partial charge in [-0.15, -0.1) is 0 Å². The highest BCUT2D eigenvalue weighted by Gasteiger charge is 2.33. The number of fused-ring (bicyclic) bond motifs is 1. The summed E-state index contributed by atoms with van der Waals surface area (Å²) in [6.45, 7) is 3.54. The molecule has 180 valence electrons. The van der Waals surface area contributed by atoms with E-state index in [9.17, 15) is 22.4 Å². The largest absolute Gasteiger partial charge is 0.417 e. The molecule has 5 rings (SSSR count). The van der Waals surface area contributed by atoms with Crippen LogP contribution in [0.1, 0.15) is 18.4 Å². The van der Waals surface area contributed by atoms with Gasteiger partial charge >= 0.3 is 6.18 Å². The fraction of sp³-hybridized carbons (Fsp3) is 0.435. The molecule has 1 aromatic carbocycles. The lowest BCUT2D eigenvalue weighted by Crippen LogP contribution is -2.52. The second-order valence-electron chi connectivity index (χ2n) is 8.58. The summed E-state index contributed by atoms with van der Waals surface area (Å²) in [5.41, 5.74) is 0.00873. The molecule has 2 aliphatic heterocycles. The Kier molecular flexibility index (Phi) is 6.05. The van der Waals surface area contributed by atoms with Crippen molar-refractivity contribution in [3.05, 3.63) is 47.9 Å². The number of halogens is 4. The lowest BCUT2D eigenvalue weighted by Gasteiger charge is -2.39. The monoisotopic (exact) mass is 493 g/mol. The minimum atomic E-state index is -4.41. The third-order valence-corrected chi connectivity index (χ3v) is 7.52. The van der Waals surface area contributed by atoms with E-state index < -0.39 is 11.7 Å². The van der Waals surface area contributed by atoms with E-state index in [2.05, 4.69) is 14.9 Å². The van der Waals surface area contributed by atoms with Crippen LogP contribution >= 0.6 is 11.3 Å². The number of amides is 1. The zero-order valence-electron chi connectivity index (χ0n) is 18.3. The highest BCUT2D eigenvalue weighted by Crippen LogP contribution is 2.33. The molecule has 2 fully saturated rings. The number of benzene rings is 1. The minimum Gasteiger partial charge on any atom is -0.353 e. The first kappa shape index (κ1) is 22.8. The molecule has 0 bridgehead atoms. The molecular weight excluding hydrogens is 470 g/mol. The van der Waals surface area contributed by atoms with Crippen LogP contribution in [0.15, 0.2) is 36.5 Å². The highest BCUT2D eigenvalue weighted by molar-refractivity contribution is 7.22. The van der Waals surface area contributed by atoms with Gasteiger partial charge in [-0.2, -0.15) is 13.2 Å². The van der Waals surface area contributed by atoms with E-state index in [1.165, 1.54) is 29.5 Å². The SMILES string of the molecule is O=C(C1CCN(c2nc3ccc(F)cc3s2)CC1)N1CCN(c2ccc(C(F)(F)F)cn2)CC1. The van der Waals surface area contributed by atoms with Crippen LogP contribution in [-0.2, 0) is 11.0 Å². The van der Waals surface area contributed by atoms with Gasteiger partial charge in [-0.3, -0.25) is 4.79 Å². The summed E-state index contributed by atoms with van der Waals surface area (Å²) in [5, 5.41) is 0.851. The first-order valence-corrected chi connectivity index (χ1v) is 12.0. The second-order valence-corrected chi connectivity index (χ2v) is 9.59. The fourth-order valence-electron chi connectivity index (χ4n) is 4.49. The number of anilines is 2. The second kappa shape index (κ2) is 9.01. The van der Waals surface area contributed by atoms with E-state index in [1.807, 2.05) is 9.80 Å². The third kappa shape index (κ3) is 4.66. The van der Waals surface area contributed by atoms with Crippen molar-refractivity contribution in [2.45, 2.75) is 19.0 Å². The van der Waals surface area contributed by atoms with Gasteiger partial charge in [-0.25, -0.2) is 14.4 Å². The number of carbonyl (C=O) groups excluding carboxylic acids is 1. The molecule has 2 saturated heterocycles. The Morgan fingerprint density at radius 1 is 0.971 bits per heavy atom. The first-order chi connectivity index (χ1) is 16.3. The number of carbonyl (C=O) groups is 1. The molecule has 0 radical (unpaired) electrons. The van der Waals surface area contributed by atoms with Gasteiger partial charge in [0.1, 0.15) is 11.6 Å². The van der Waals surface area contributed by atoms with E-state index in [0.717, 1.165) is 40.5 Å². The van der Waals surface area contributed by atoms with Gasteiger partial charge in [0.15, 0.2) is 5.13 Å². The maximum atomic E-state index is 13.5. The molecule has 4 heterocycles. The van der Waals surface area contributed by atoms with Gasteiger partial charge in [-0.1, -0.05) is 11.3 Å². The summed E-state index contributed by atoms with van der Waals surface area (Å²) in [6, 6.07) is 7.00. The molecule has 6 nitrogen and oxygen atoms in total. The molecule has 11 heteroatoms. The Labute approximate surface area is 197 Å². The number of rotatable bonds is 3. The quantitative estimate of drug-likeness (QED) is 0.506.